The van der Waals surface area contributed by atoms with Crippen molar-refractivity contribution in [2.24, 2.45) is 0 Å². The fourth-order valence-corrected chi connectivity index (χ4v) is 4.05. The molecule has 2 aromatic carbocycles. The Morgan fingerprint density at radius 1 is 1.08 bits per heavy atom. The van der Waals surface area contributed by atoms with Gasteiger partial charge in [-0.15, -0.1) is 11.8 Å². The number of hydrogen-bond donors (Lipinski definition) is 1. The number of hydrogen-bond acceptors (Lipinski definition) is 3. The number of likely N-dealkylation sites (tertiary alicyclic amines) is 1. The number of amides is 1. The average molecular weight is 355 g/mol. The quantitative estimate of drug-likeness (QED) is 0.799. The highest BCUT2D eigenvalue weighted by molar-refractivity contribution is 8.00. The van der Waals surface area contributed by atoms with Crippen LogP contribution in [0.5, 0.6) is 0 Å². The molecule has 1 aliphatic rings. The SMILES string of the molecule is Cc1ccccc1SCC(=O)NC1CCN(Cc2ccccc2)CC1. The molecule has 1 saturated heterocycles. The second-order valence-corrected chi connectivity index (χ2v) is 7.67. The summed E-state index contributed by atoms with van der Waals surface area (Å²) >= 11 is 1.62. The second-order valence-electron chi connectivity index (χ2n) is 6.66. The van der Waals surface area contributed by atoms with Crippen LogP contribution in [-0.2, 0) is 11.3 Å². The third-order valence-corrected chi connectivity index (χ3v) is 5.83. The molecule has 1 N–H and O–H groups in total. The Kier molecular flexibility index (Phi) is 6.54. The molecule has 1 aliphatic heterocycles. The Balaban J connectivity index is 1.38. The number of piperidine rings is 1. The van der Waals surface area contributed by atoms with Crippen molar-refractivity contribution in [2.45, 2.75) is 37.2 Å². The highest BCUT2D eigenvalue weighted by Crippen LogP contribution is 2.21. The van der Waals surface area contributed by atoms with Gasteiger partial charge in [0.25, 0.3) is 0 Å². The van der Waals surface area contributed by atoms with Gasteiger partial charge in [-0.2, -0.15) is 0 Å². The summed E-state index contributed by atoms with van der Waals surface area (Å²) in [5, 5.41) is 3.21. The van der Waals surface area contributed by atoms with Crippen LogP contribution in [0, 0.1) is 6.92 Å². The molecular weight excluding hydrogens is 328 g/mol. The van der Waals surface area contributed by atoms with Crippen molar-refractivity contribution in [3.05, 3.63) is 65.7 Å². The van der Waals surface area contributed by atoms with Gasteiger partial charge < -0.3 is 5.32 Å². The van der Waals surface area contributed by atoms with Crippen molar-refractivity contribution in [3.63, 3.8) is 0 Å². The lowest BCUT2D eigenvalue weighted by molar-refractivity contribution is -0.119. The lowest BCUT2D eigenvalue weighted by atomic mass is 10.0. The summed E-state index contributed by atoms with van der Waals surface area (Å²) in [6.07, 6.45) is 2.07. The first-order valence-corrected chi connectivity index (χ1v) is 9.93. The molecule has 0 atom stereocenters. The van der Waals surface area contributed by atoms with Gasteiger partial charge in [-0.05, 0) is 37.0 Å². The third-order valence-electron chi connectivity index (χ3n) is 4.65. The molecule has 132 valence electrons. The maximum absolute atomic E-state index is 12.2. The second kappa shape index (κ2) is 9.07. The molecule has 0 aliphatic carbocycles. The summed E-state index contributed by atoms with van der Waals surface area (Å²) in [5.74, 6) is 0.643. The number of aryl methyl sites for hydroxylation is 1. The zero-order valence-electron chi connectivity index (χ0n) is 14.8. The third kappa shape index (κ3) is 5.62. The lowest BCUT2D eigenvalue weighted by Crippen LogP contribution is -2.44. The van der Waals surface area contributed by atoms with Crippen LogP contribution >= 0.6 is 11.8 Å². The summed E-state index contributed by atoms with van der Waals surface area (Å²) in [6.45, 7) is 5.18. The smallest absolute Gasteiger partial charge is 0.230 e. The largest absolute Gasteiger partial charge is 0.353 e. The van der Waals surface area contributed by atoms with Gasteiger partial charge in [-0.25, -0.2) is 0 Å². The van der Waals surface area contributed by atoms with Gasteiger partial charge in [0.1, 0.15) is 0 Å². The molecule has 0 aromatic heterocycles. The van der Waals surface area contributed by atoms with E-state index in [9.17, 15) is 4.79 Å². The Morgan fingerprint density at radius 2 is 1.76 bits per heavy atom. The highest BCUT2D eigenvalue weighted by Gasteiger charge is 2.20. The van der Waals surface area contributed by atoms with Gasteiger partial charge in [0, 0.05) is 30.6 Å². The number of carbonyl (C=O) groups is 1. The van der Waals surface area contributed by atoms with Crippen LogP contribution < -0.4 is 5.32 Å². The van der Waals surface area contributed by atoms with Crippen molar-refractivity contribution in [1.29, 1.82) is 0 Å². The van der Waals surface area contributed by atoms with Crippen LogP contribution in [0.1, 0.15) is 24.0 Å². The normalized spacial score (nSPS) is 15.9. The number of carbonyl (C=O) groups excluding carboxylic acids is 1. The van der Waals surface area contributed by atoms with E-state index in [1.807, 2.05) is 12.1 Å². The van der Waals surface area contributed by atoms with E-state index in [0.29, 0.717) is 11.8 Å². The molecule has 25 heavy (non-hydrogen) atoms. The molecule has 0 saturated carbocycles. The molecule has 1 heterocycles. The van der Waals surface area contributed by atoms with Crippen LogP contribution in [0.3, 0.4) is 0 Å². The fourth-order valence-electron chi connectivity index (χ4n) is 3.21. The van der Waals surface area contributed by atoms with Crippen LogP contribution in [0.15, 0.2) is 59.5 Å². The molecule has 4 heteroatoms. The molecule has 3 nitrogen and oxygen atoms in total. The van der Waals surface area contributed by atoms with E-state index < -0.39 is 0 Å². The number of rotatable bonds is 6. The average Bonchev–Trinajstić information content (AvgIpc) is 2.64. The summed E-state index contributed by atoms with van der Waals surface area (Å²) in [6, 6.07) is 19.1. The molecule has 0 unspecified atom stereocenters. The van der Waals surface area contributed by atoms with Crippen LogP contribution in [0.2, 0.25) is 0 Å². The predicted molar refractivity (Wildman–Crippen MR) is 105 cm³/mol. The van der Waals surface area contributed by atoms with Crippen molar-refractivity contribution >= 4 is 17.7 Å². The molecule has 2 aromatic rings. The summed E-state index contributed by atoms with van der Waals surface area (Å²) < 4.78 is 0. The number of benzene rings is 2. The summed E-state index contributed by atoms with van der Waals surface area (Å²) in [7, 11) is 0. The van der Waals surface area contributed by atoms with E-state index in [1.165, 1.54) is 16.0 Å². The molecule has 0 radical (unpaired) electrons. The maximum Gasteiger partial charge on any atom is 0.230 e. The van der Waals surface area contributed by atoms with Crippen LogP contribution in [0.25, 0.3) is 0 Å². The Labute approximate surface area is 154 Å². The Hall–Kier alpha value is -1.78. The topological polar surface area (TPSA) is 32.3 Å². The van der Waals surface area contributed by atoms with E-state index in [0.717, 1.165) is 32.5 Å². The van der Waals surface area contributed by atoms with E-state index in [1.54, 1.807) is 11.8 Å². The van der Waals surface area contributed by atoms with E-state index in [2.05, 4.69) is 59.6 Å². The van der Waals surface area contributed by atoms with Crippen LogP contribution in [0.4, 0.5) is 0 Å². The monoisotopic (exact) mass is 354 g/mol. The molecular formula is C21H26N2OS. The first-order chi connectivity index (χ1) is 12.2. The Bertz CT molecular complexity index is 681. The first kappa shape index (κ1) is 18.0. The molecule has 3 rings (SSSR count). The molecule has 0 spiro atoms. The van der Waals surface area contributed by atoms with Crippen molar-refractivity contribution in [2.75, 3.05) is 18.8 Å². The number of nitrogens with one attached hydrogen (secondary N) is 1. The minimum absolute atomic E-state index is 0.148. The minimum Gasteiger partial charge on any atom is -0.353 e. The highest BCUT2D eigenvalue weighted by atomic mass is 32.2. The molecule has 1 fully saturated rings. The van der Waals surface area contributed by atoms with Gasteiger partial charge in [0.05, 0.1) is 5.75 Å². The van der Waals surface area contributed by atoms with E-state index in [-0.39, 0.29) is 5.91 Å². The predicted octanol–water partition coefficient (Wildman–Crippen LogP) is 3.87. The fraction of sp³-hybridized carbons (Fsp3) is 0.381. The maximum atomic E-state index is 12.2. The minimum atomic E-state index is 0.148. The van der Waals surface area contributed by atoms with Gasteiger partial charge >= 0.3 is 0 Å². The van der Waals surface area contributed by atoms with Crippen molar-refractivity contribution in [3.8, 4) is 0 Å². The molecule has 1 amide bonds. The lowest BCUT2D eigenvalue weighted by Gasteiger charge is -2.32. The first-order valence-electron chi connectivity index (χ1n) is 8.95. The number of thioether (sulfide) groups is 1. The van der Waals surface area contributed by atoms with E-state index in [4.69, 9.17) is 0 Å². The van der Waals surface area contributed by atoms with Gasteiger partial charge in [0.15, 0.2) is 0 Å². The van der Waals surface area contributed by atoms with Crippen molar-refractivity contribution < 1.29 is 4.79 Å². The molecule has 0 bridgehead atoms. The zero-order valence-corrected chi connectivity index (χ0v) is 15.6. The van der Waals surface area contributed by atoms with Crippen molar-refractivity contribution in [1.82, 2.24) is 10.2 Å². The Morgan fingerprint density at radius 3 is 2.48 bits per heavy atom. The zero-order chi connectivity index (χ0) is 17.5. The van der Waals surface area contributed by atoms with Gasteiger partial charge in [0.2, 0.25) is 5.91 Å². The standard InChI is InChI=1S/C21H26N2OS/c1-17-7-5-6-10-20(17)25-16-21(24)22-19-11-13-23(14-12-19)15-18-8-3-2-4-9-18/h2-10,19H,11-16H2,1H3,(H,22,24). The summed E-state index contributed by atoms with van der Waals surface area (Å²) in [4.78, 5) is 15.9. The van der Waals surface area contributed by atoms with E-state index >= 15 is 0 Å². The number of nitrogens with zero attached hydrogens (tertiary/aromatic N) is 1. The van der Waals surface area contributed by atoms with Gasteiger partial charge in [-0.3, -0.25) is 9.69 Å². The summed E-state index contributed by atoms with van der Waals surface area (Å²) in [5.41, 5.74) is 2.59. The van der Waals surface area contributed by atoms with Crippen LogP contribution in [-0.4, -0.2) is 35.7 Å². The van der Waals surface area contributed by atoms with Gasteiger partial charge in [-0.1, -0.05) is 48.5 Å².